The van der Waals surface area contributed by atoms with Gasteiger partial charge in [0.1, 0.15) is 5.82 Å². The van der Waals surface area contributed by atoms with E-state index in [1.165, 1.54) is 16.4 Å². The Morgan fingerprint density at radius 2 is 1.36 bits per heavy atom. The monoisotopic (exact) mass is 469 g/mol. The first-order valence-electron chi connectivity index (χ1n) is 10.7. The highest BCUT2D eigenvalue weighted by Gasteiger charge is 2.28. The minimum atomic E-state index is -3.87. The lowest BCUT2D eigenvalue weighted by Gasteiger charge is -2.25. The van der Waals surface area contributed by atoms with E-state index in [1.807, 2.05) is 19.1 Å². The summed E-state index contributed by atoms with van der Waals surface area (Å²) >= 11 is 0. The van der Waals surface area contributed by atoms with Gasteiger partial charge in [-0.3, -0.25) is 0 Å². The Balaban J connectivity index is 1.99. The Morgan fingerprint density at radius 3 is 1.85 bits per heavy atom. The van der Waals surface area contributed by atoms with Crippen LogP contribution in [0.15, 0.2) is 65.6 Å². The standard InChI is InChI=1S/C26H28FNO4S/c1-5-32-26(29)23-10-6-21(7-11-23)16-28(17-22-8-12-24(27)13-9-22)33(30,31)25-19(3)14-18(2)15-20(25)4/h6-15H,5,16-17H2,1-4H3. The summed E-state index contributed by atoms with van der Waals surface area (Å²) in [6, 6.07) is 16.2. The number of aryl methyl sites for hydroxylation is 3. The lowest BCUT2D eigenvalue weighted by atomic mass is 10.1. The maximum absolute atomic E-state index is 13.8. The molecule has 0 bridgehead atoms. The SMILES string of the molecule is CCOC(=O)c1ccc(CN(Cc2ccc(F)cc2)S(=O)(=O)c2c(C)cc(C)cc2C)cc1. The summed E-state index contributed by atoms with van der Waals surface area (Å²) in [5, 5.41) is 0. The number of benzene rings is 3. The summed E-state index contributed by atoms with van der Waals surface area (Å²) in [4.78, 5) is 12.2. The van der Waals surface area contributed by atoms with E-state index in [9.17, 15) is 17.6 Å². The second-order valence-corrected chi connectivity index (χ2v) is 9.92. The van der Waals surface area contributed by atoms with Crippen LogP contribution in [0.1, 0.15) is 45.1 Å². The van der Waals surface area contributed by atoms with Crippen molar-refractivity contribution in [3.05, 3.63) is 99.9 Å². The Bertz CT molecular complexity index is 1210. The van der Waals surface area contributed by atoms with E-state index in [4.69, 9.17) is 4.74 Å². The van der Waals surface area contributed by atoms with Crippen molar-refractivity contribution in [1.82, 2.24) is 4.31 Å². The minimum Gasteiger partial charge on any atom is -0.462 e. The molecule has 3 aromatic carbocycles. The van der Waals surface area contributed by atoms with Crippen molar-refractivity contribution in [2.24, 2.45) is 0 Å². The number of nitrogens with zero attached hydrogens (tertiary/aromatic N) is 1. The highest BCUT2D eigenvalue weighted by Crippen LogP contribution is 2.28. The normalized spacial score (nSPS) is 11.6. The third-order valence-corrected chi connectivity index (χ3v) is 7.40. The highest BCUT2D eigenvalue weighted by molar-refractivity contribution is 7.89. The van der Waals surface area contributed by atoms with Crippen molar-refractivity contribution in [2.45, 2.75) is 45.7 Å². The maximum Gasteiger partial charge on any atom is 0.338 e. The Hall–Kier alpha value is -3.03. The molecule has 3 rings (SSSR count). The van der Waals surface area contributed by atoms with Crippen LogP contribution in [0.25, 0.3) is 0 Å². The van der Waals surface area contributed by atoms with Gasteiger partial charge in [-0.25, -0.2) is 17.6 Å². The molecule has 5 nitrogen and oxygen atoms in total. The molecule has 0 N–H and O–H groups in total. The number of hydrogen-bond acceptors (Lipinski definition) is 4. The van der Waals surface area contributed by atoms with Crippen LogP contribution in [0.2, 0.25) is 0 Å². The van der Waals surface area contributed by atoms with Gasteiger partial charge in [-0.1, -0.05) is 42.0 Å². The van der Waals surface area contributed by atoms with Gasteiger partial charge in [0.15, 0.2) is 0 Å². The van der Waals surface area contributed by atoms with Crippen LogP contribution in [0.4, 0.5) is 4.39 Å². The van der Waals surface area contributed by atoms with Gasteiger partial charge in [0.05, 0.1) is 17.1 Å². The van der Waals surface area contributed by atoms with Crippen molar-refractivity contribution < 1.29 is 22.3 Å². The molecule has 0 aliphatic carbocycles. The number of esters is 1. The van der Waals surface area contributed by atoms with Crippen molar-refractivity contribution in [3.63, 3.8) is 0 Å². The summed E-state index contributed by atoms with van der Waals surface area (Å²) < 4.78 is 47.4. The summed E-state index contributed by atoms with van der Waals surface area (Å²) in [7, 11) is -3.87. The summed E-state index contributed by atoms with van der Waals surface area (Å²) in [5.74, 6) is -0.807. The molecule has 33 heavy (non-hydrogen) atoms. The van der Waals surface area contributed by atoms with Crippen molar-refractivity contribution >= 4 is 16.0 Å². The second kappa shape index (κ2) is 10.3. The van der Waals surface area contributed by atoms with Crippen molar-refractivity contribution in [2.75, 3.05) is 6.61 Å². The lowest BCUT2D eigenvalue weighted by Crippen LogP contribution is -2.31. The highest BCUT2D eigenvalue weighted by atomic mass is 32.2. The maximum atomic E-state index is 13.8. The van der Waals surface area contributed by atoms with Gasteiger partial charge in [-0.15, -0.1) is 0 Å². The number of carbonyl (C=O) groups is 1. The number of rotatable bonds is 8. The molecule has 7 heteroatoms. The van der Waals surface area contributed by atoms with Gasteiger partial charge in [0.25, 0.3) is 0 Å². The molecule has 174 valence electrons. The second-order valence-electron chi connectivity index (χ2n) is 8.04. The molecule has 0 saturated heterocycles. The number of ether oxygens (including phenoxy) is 1. The van der Waals surface area contributed by atoms with E-state index in [2.05, 4.69) is 0 Å². The summed E-state index contributed by atoms with van der Waals surface area (Å²) in [6.45, 7) is 7.69. The van der Waals surface area contributed by atoms with Gasteiger partial charge in [-0.05, 0) is 74.2 Å². The molecular formula is C26H28FNO4S. The molecule has 0 unspecified atom stereocenters. The van der Waals surface area contributed by atoms with E-state index in [-0.39, 0.29) is 30.4 Å². The van der Waals surface area contributed by atoms with Crippen molar-refractivity contribution in [1.29, 1.82) is 0 Å². The smallest absolute Gasteiger partial charge is 0.338 e. The van der Waals surface area contributed by atoms with Crippen LogP contribution in [0.3, 0.4) is 0 Å². The summed E-state index contributed by atoms with van der Waals surface area (Å²) in [6.07, 6.45) is 0. The molecule has 0 atom stereocenters. The first kappa shape index (κ1) is 24.6. The number of hydrogen-bond donors (Lipinski definition) is 0. The largest absolute Gasteiger partial charge is 0.462 e. The van der Waals surface area contributed by atoms with Gasteiger partial charge in [0, 0.05) is 13.1 Å². The third kappa shape index (κ3) is 5.86. The first-order valence-corrected chi connectivity index (χ1v) is 12.1. The number of halogens is 1. The molecule has 0 saturated carbocycles. The summed E-state index contributed by atoms with van der Waals surface area (Å²) in [5.41, 5.74) is 4.13. The van der Waals surface area contributed by atoms with Crippen molar-refractivity contribution in [3.8, 4) is 0 Å². The minimum absolute atomic E-state index is 0.0784. The molecule has 3 aromatic rings. The van der Waals surface area contributed by atoms with Crippen LogP contribution in [0.5, 0.6) is 0 Å². The zero-order valence-electron chi connectivity index (χ0n) is 19.3. The topological polar surface area (TPSA) is 63.7 Å². The molecule has 0 aliphatic rings. The first-order chi connectivity index (χ1) is 15.6. The number of carbonyl (C=O) groups excluding carboxylic acids is 1. The fourth-order valence-corrected chi connectivity index (χ4v) is 5.71. The van der Waals surface area contributed by atoms with Gasteiger partial charge >= 0.3 is 5.97 Å². The van der Waals surface area contributed by atoms with Crippen LogP contribution >= 0.6 is 0 Å². The van der Waals surface area contributed by atoms with E-state index >= 15 is 0 Å². The average Bonchev–Trinajstić information content (AvgIpc) is 2.74. The van der Waals surface area contributed by atoms with Crippen LogP contribution in [-0.4, -0.2) is 25.3 Å². The van der Waals surface area contributed by atoms with E-state index in [0.29, 0.717) is 22.3 Å². The number of sulfonamides is 1. The molecule has 0 heterocycles. The lowest BCUT2D eigenvalue weighted by molar-refractivity contribution is 0.0526. The Labute approximate surface area is 194 Å². The van der Waals surface area contributed by atoms with E-state index < -0.39 is 16.0 Å². The molecule has 0 aromatic heterocycles. The zero-order valence-corrected chi connectivity index (χ0v) is 20.1. The molecule has 0 spiro atoms. The van der Waals surface area contributed by atoms with E-state index in [0.717, 1.165) is 11.1 Å². The molecular weight excluding hydrogens is 441 g/mol. The van der Waals surface area contributed by atoms with Gasteiger partial charge in [0.2, 0.25) is 10.0 Å². The van der Waals surface area contributed by atoms with Gasteiger partial charge < -0.3 is 4.74 Å². The van der Waals surface area contributed by atoms with Crippen LogP contribution in [0, 0.1) is 26.6 Å². The molecule has 0 amide bonds. The Morgan fingerprint density at radius 1 is 0.879 bits per heavy atom. The molecule has 0 radical (unpaired) electrons. The average molecular weight is 470 g/mol. The van der Waals surface area contributed by atoms with E-state index in [1.54, 1.807) is 57.2 Å². The third-order valence-electron chi connectivity index (χ3n) is 5.30. The zero-order chi connectivity index (χ0) is 24.2. The predicted octanol–water partition coefficient (Wildman–Crippen LogP) is 5.32. The predicted molar refractivity (Wildman–Crippen MR) is 126 cm³/mol. The fourth-order valence-electron chi connectivity index (χ4n) is 3.89. The van der Waals surface area contributed by atoms with Crippen LogP contribution in [-0.2, 0) is 27.8 Å². The fraction of sp³-hybridized carbons (Fsp3) is 0.269. The Kier molecular flexibility index (Phi) is 7.66. The molecule has 0 fully saturated rings. The molecule has 0 aliphatic heterocycles. The quantitative estimate of drug-likeness (QED) is 0.419. The van der Waals surface area contributed by atoms with Crippen LogP contribution < -0.4 is 0 Å². The van der Waals surface area contributed by atoms with Gasteiger partial charge in [-0.2, -0.15) is 4.31 Å².